The second kappa shape index (κ2) is 7.26. The molecule has 0 saturated heterocycles. The van der Waals surface area contributed by atoms with Gasteiger partial charge in [0.1, 0.15) is 0 Å². The standard InChI is InChI=1S/C17H19BrClN/c1-3-12-6-4-5-7-15(12)17(20-2)10-13-8-9-14(18)11-16(13)19/h4-9,11,17,20H,3,10H2,1-2H3. The van der Waals surface area contributed by atoms with Gasteiger partial charge in [-0.2, -0.15) is 0 Å². The van der Waals surface area contributed by atoms with Gasteiger partial charge >= 0.3 is 0 Å². The smallest absolute Gasteiger partial charge is 0.0449 e. The van der Waals surface area contributed by atoms with Crippen LogP contribution >= 0.6 is 27.5 Å². The number of rotatable bonds is 5. The van der Waals surface area contributed by atoms with Crippen molar-refractivity contribution in [2.45, 2.75) is 25.8 Å². The first kappa shape index (κ1) is 15.6. The lowest BCUT2D eigenvalue weighted by Gasteiger charge is -2.20. The minimum absolute atomic E-state index is 0.282. The van der Waals surface area contributed by atoms with Gasteiger partial charge in [0.25, 0.3) is 0 Å². The highest BCUT2D eigenvalue weighted by molar-refractivity contribution is 9.10. The molecule has 0 spiro atoms. The van der Waals surface area contributed by atoms with Gasteiger partial charge in [-0.15, -0.1) is 0 Å². The van der Waals surface area contributed by atoms with Gasteiger partial charge in [0.15, 0.2) is 0 Å². The molecule has 1 atom stereocenters. The molecule has 0 aromatic heterocycles. The highest BCUT2D eigenvalue weighted by Crippen LogP contribution is 2.27. The van der Waals surface area contributed by atoms with Crippen molar-refractivity contribution in [3.05, 3.63) is 68.7 Å². The molecular weight excluding hydrogens is 334 g/mol. The van der Waals surface area contributed by atoms with E-state index in [0.717, 1.165) is 22.3 Å². The van der Waals surface area contributed by atoms with E-state index in [0.29, 0.717) is 0 Å². The Morgan fingerprint density at radius 2 is 1.90 bits per heavy atom. The lowest BCUT2D eigenvalue weighted by Crippen LogP contribution is -2.20. The summed E-state index contributed by atoms with van der Waals surface area (Å²) < 4.78 is 1.02. The van der Waals surface area contributed by atoms with Gasteiger partial charge in [-0.05, 0) is 48.7 Å². The molecule has 2 aromatic carbocycles. The maximum atomic E-state index is 6.33. The number of likely N-dealkylation sites (N-methyl/N-ethyl adjacent to an activating group) is 1. The quantitative estimate of drug-likeness (QED) is 0.783. The fraction of sp³-hybridized carbons (Fsp3) is 0.294. The van der Waals surface area contributed by atoms with E-state index < -0.39 is 0 Å². The summed E-state index contributed by atoms with van der Waals surface area (Å²) in [6.07, 6.45) is 1.93. The van der Waals surface area contributed by atoms with Crippen molar-refractivity contribution < 1.29 is 0 Å². The SMILES string of the molecule is CCc1ccccc1C(Cc1ccc(Br)cc1Cl)NC. The third-order valence-electron chi connectivity index (χ3n) is 3.60. The van der Waals surface area contributed by atoms with E-state index in [4.69, 9.17) is 11.6 Å². The predicted molar refractivity (Wildman–Crippen MR) is 90.5 cm³/mol. The fourth-order valence-electron chi connectivity index (χ4n) is 2.47. The number of aryl methyl sites for hydroxylation is 1. The van der Waals surface area contributed by atoms with Crippen LogP contribution in [0, 0.1) is 0 Å². The molecule has 0 fully saturated rings. The maximum absolute atomic E-state index is 6.33. The number of hydrogen-bond donors (Lipinski definition) is 1. The van der Waals surface area contributed by atoms with Crippen LogP contribution in [-0.2, 0) is 12.8 Å². The average Bonchev–Trinajstić information content (AvgIpc) is 2.46. The van der Waals surface area contributed by atoms with Gasteiger partial charge in [0.2, 0.25) is 0 Å². The van der Waals surface area contributed by atoms with Gasteiger partial charge in [0, 0.05) is 15.5 Å². The molecular formula is C17H19BrClN. The number of benzene rings is 2. The summed E-state index contributed by atoms with van der Waals surface area (Å²) in [5.41, 5.74) is 3.91. The molecule has 1 N–H and O–H groups in total. The average molecular weight is 353 g/mol. The molecule has 0 saturated carbocycles. The molecule has 1 unspecified atom stereocenters. The van der Waals surface area contributed by atoms with E-state index in [1.807, 2.05) is 19.2 Å². The number of nitrogens with one attached hydrogen (secondary N) is 1. The summed E-state index contributed by atoms with van der Waals surface area (Å²) in [6.45, 7) is 2.19. The highest BCUT2D eigenvalue weighted by Gasteiger charge is 2.14. The summed E-state index contributed by atoms with van der Waals surface area (Å²) in [5, 5.41) is 4.23. The lowest BCUT2D eigenvalue weighted by molar-refractivity contribution is 0.587. The summed E-state index contributed by atoms with van der Waals surface area (Å²) in [7, 11) is 2.00. The first-order chi connectivity index (χ1) is 9.65. The minimum Gasteiger partial charge on any atom is -0.313 e. The van der Waals surface area contributed by atoms with Crippen molar-refractivity contribution in [1.82, 2.24) is 5.32 Å². The fourth-order valence-corrected chi connectivity index (χ4v) is 3.22. The zero-order valence-electron chi connectivity index (χ0n) is 11.8. The zero-order chi connectivity index (χ0) is 14.5. The van der Waals surface area contributed by atoms with Crippen molar-refractivity contribution in [2.75, 3.05) is 7.05 Å². The Hall–Kier alpha value is -0.830. The molecule has 0 aliphatic carbocycles. The molecule has 1 nitrogen and oxygen atoms in total. The Morgan fingerprint density at radius 1 is 1.15 bits per heavy atom. The number of halogens is 2. The first-order valence-corrected chi connectivity index (χ1v) is 8.01. The van der Waals surface area contributed by atoms with E-state index in [1.54, 1.807) is 0 Å². The molecule has 3 heteroatoms. The van der Waals surface area contributed by atoms with E-state index in [1.165, 1.54) is 16.7 Å². The second-order valence-electron chi connectivity index (χ2n) is 4.83. The van der Waals surface area contributed by atoms with Gasteiger partial charge in [-0.25, -0.2) is 0 Å². The van der Waals surface area contributed by atoms with Gasteiger partial charge in [0.05, 0.1) is 0 Å². The summed E-state index contributed by atoms with van der Waals surface area (Å²) >= 11 is 9.78. The molecule has 0 aliphatic rings. The van der Waals surface area contributed by atoms with Crippen molar-refractivity contribution in [1.29, 1.82) is 0 Å². The molecule has 0 amide bonds. The van der Waals surface area contributed by atoms with Gasteiger partial charge in [-0.1, -0.05) is 64.8 Å². The Bertz CT molecular complexity index is 583. The topological polar surface area (TPSA) is 12.0 Å². The summed E-state index contributed by atoms with van der Waals surface area (Å²) in [4.78, 5) is 0. The Morgan fingerprint density at radius 3 is 2.55 bits per heavy atom. The van der Waals surface area contributed by atoms with Crippen LogP contribution in [0.1, 0.15) is 29.7 Å². The zero-order valence-corrected chi connectivity index (χ0v) is 14.1. The van der Waals surface area contributed by atoms with Gasteiger partial charge < -0.3 is 5.32 Å². The van der Waals surface area contributed by atoms with E-state index in [-0.39, 0.29) is 6.04 Å². The van der Waals surface area contributed by atoms with Gasteiger partial charge in [-0.3, -0.25) is 0 Å². The summed E-state index contributed by atoms with van der Waals surface area (Å²) in [5.74, 6) is 0. The first-order valence-electron chi connectivity index (χ1n) is 6.84. The molecule has 0 heterocycles. The molecule has 2 aromatic rings. The Balaban J connectivity index is 2.29. The summed E-state index contributed by atoms with van der Waals surface area (Å²) in [6, 6.07) is 15.0. The normalized spacial score (nSPS) is 12.4. The minimum atomic E-state index is 0.282. The van der Waals surface area contributed by atoms with Crippen molar-refractivity contribution in [3.63, 3.8) is 0 Å². The van der Waals surface area contributed by atoms with Crippen LogP contribution in [0.4, 0.5) is 0 Å². The third-order valence-corrected chi connectivity index (χ3v) is 4.44. The number of hydrogen-bond acceptors (Lipinski definition) is 1. The lowest BCUT2D eigenvalue weighted by atomic mass is 9.94. The van der Waals surface area contributed by atoms with Crippen molar-refractivity contribution >= 4 is 27.5 Å². The van der Waals surface area contributed by atoms with Crippen LogP contribution in [0.15, 0.2) is 46.9 Å². The van der Waals surface area contributed by atoms with Crippen molar-refractivity contribution in [3.8, 4) is 0 Å². The molecule has 106 valence electrons. The van der Waals surface area contributed by atoms with Crippen LogP contribution in [0.2, 0.25) is 5.02 Å². The highest BCUT2D eigenvalue weighted by atomic mass is 79.9. The Labute approximate surface area is 134 Å². The monoisotopic (exact) mass is 351 g/mol. The molecule has 0 radical (unpaired) electrons. The largest absolute Gasteiger partial charge is 0.313 e. The van der Waals surface area contributed by atoms with E-state index in [2.05, 4.69) is 58.5 Å². The van der Waals surface area contributed by atoms with Crippen molar-refractivity contribution in [2.24, 2.45) is 0 Å². The van der Waals surface area contributed by atoms with Crippen LogP contribution in [0.3, 0.4) is 0 Å². The van der Waals surface area contributed by atoms with Crippen LogP contribution < -0.4 is 5.32 Å². The van der Waals surface area contributed by atoms with E-state index >= 15 is 0 Å². The Kier molecular flexibility index (Phi) is 5.64. The van der Waals surface area contributed by atoms with E-state index in [9.17, 15) is 0 Å². The van der Waals surface area contributed by atoms with Crippen LogP contribution in [0.5, 0.6) is 0 Å². The molecule has 2 rings (SSSR count). The third kappa shape index (κ3) is 3.63. The van der Waals surface area contributed by atoms with Crippen LogP contribution in [0.25, 0.3) is 0 Å². The molecule has 0 bridgehead atoms. The predicted octanol–water partition coefficient (Wildman–Crippen LogP) is 5.17. The maximum Gasteiger partial charge on any atom is 0.0449 e. The molecule has 20 heavy (non-hydrogen) atoms. The molecule has 0 aliphatic heterocycles. The second-order valence-corrected chi connectivity index (χ2v) is 6.16. The van der Waals surface area contributed by atoms with Crippen LogP contribution in [-0.4, -0.2) is 7.05 Å².